The van der Waals surface area contributed by atoms with Crippen LogP contribution in [0.2, 0.25) is 0 Å². The summed E-state index contributed by atoms with van der Waals surface area (Å²) >= 11 is 0. The number of nitrogens with one attached hydrogen (secondary N) is 1. The van der Waals surface area contributed by atoms with Crippen molar-refractivity contribution in [2.45, 2.75) is 6.61 Å². The van der Waals surface area contributed by atoms with E-state index in [0.29, 0.717) is 6.07 Å². The van der Waals surface area contributed by atoms with E-state index >= 15 is 0 Å². The second kappa shape index (κ2) is 7.90. The molecule has 0 bridgehead atoms. The lowest BCUT2D eigenvalue weighted by atomic mass is 10.1. The number of amides is 1. The topological polar surface area (TPSA) is 38.3 Å². The molecule has 0 aromatic heterocycles. The lowest BCUT2D eigenvalue weighted by Crippen LogP contribution is -2.15. The molecule has 3 rings (SSSR count). The van der Waals surface area contributed by atoms with Gasteiger partial charge in [0.05, 0.1) is 11.3 Å². The first-order valence-corrected chi connectivity index (χ1v) is 7.86. The Morgan fingerprint density at radius 3 is 2.22 bits per heavy atom. The van der Waals surface area contributed by atoms with Gasteiger partial charge in [-0.15, -0.1) is 0 Å². The minimum absolute atomic E-state index is 0.0729. The summed E-state index contributed by atoms with van der Waals surface area (Å²) in [7, 11) is 0. The Morgan fingerprint density at radius 1 is 0.852 bits per heavy atom. The molecule has 27 heavy (non-hydrogen) atoms. The Kier molecular flexibility index (Phi) is 5.40. The van der Waals surface area contributed by atoms with Crippen molar-refractivity contribution in [1.82, 2.24) is 0 Å². The molecule has 0 saturated heterocycles. The summed E-state index contributed by atoms with van der Waals surface area (Å²) < 4.78 is 58.8. The van der Waals surface area contributed by atoms with Crippen molar-refractivity contribution in [3.05, 3.63) is 95.1 Å². The van der Waals surface area contributed by atoms with Gasteiger partial charge >= 0.3 is 0 Å². The number of halogens is 4. The second-order valence-corrected chi connectivity index (χ2v) is 5.60. The Morgan fingerprint density at radius 2 is 1.52 bits per heavy atom. The van der Waals surface area contributed by atoms with Gasteiger partial charge in [-0.3, -0.25) is 4.79 Å². The van der Waals surface area contributed by atoms with Gasteiger partial charge in [-0.2, -0.15) is 0 Å². The lowest BCUT2D eigenvalue weighted by molar-refractivity contribution is 0.102. The summed E-state index contributed by atoms with van der Waals surface area (Å²) in [6.45, 7) is -0.235. The molecular formula is C20H13F4NO2. The van der Waals surface area contributed by atoms with Crippen LogP contribution in [0.4, 0.5) is 23.2 Å². The van der Waals surface area contributed by atoms with E-state index in [4.69, 9.17) is 4.74 Å². The first-order valence-electron chi connectivity index (χ1n) is 7.86. The van der Waals surface area contributed by atoms with Crippen LogP contribution < -0.4 is 10.1 Å². The van der Waals surface area contributed by atoms with Gasteiger partial charge in [-0.1, -0.05) is 12.1 Å². The van der Waals surface area contributed by atoms with Crippen LogP contribution in [0.3, 0.4) is 0 Å². The van der Waals surface area contributed by atoms with Crippen LogP contribution in [-0.4, -0.2) is 5.91 Å². The van der Waals surface area contributed by atoms with Crippen LogP contribution in [-0.2, 0) is 6.61 Å². The first-order chi connectivity index (χ1) is 12.9. The molecule has 1 amide bonds. The average molecular weight is 375 g/mol. The fraction of sp³-hybridized carbons (Fsp3) is 0.0500. The van der Waals surface area contributed by atoms with Gasteiger partial charge < -0.3 is 10.1 Å². The van der Waals surface area contributed by atoms with E-state index in [9.17, 15) is 22.4 Å². The van der Waals surface area contributed by atoms with Crippen molar-refractivity contribution in [2.75, 3.05) is 5.32 Å². The average Bonchev–Trinajstić information content (AvgIpc) is 2.63. The maximum atomic E-state index is 13.7. The van der Waals surface area contributed by atoms with Crippen LogP contribution >= 0.6 is 0 Å². The molecule has 0 atom stereocenters. The number of carbonyl (C=O) groups excluding carboxylic acids is 1. The molecule has 7 heteroatoms. The van der Waals surface area contributed by atoms with Gasteiger partial charge in [0.1, 0.15) is 35.6 Å². The first kappa shape index (κ1) is 18.4. The molecule has 0 radical (unpaired) electrons. The van der Waals surface area contributed by atoms with Crippen LogP contribution in [0, 0.1) is 23.3 Å². The highest BCUT2D eigenvalue weighted by Crippen LogP contribution is 2.23. The molecule has 1 N–H and O–H groups in total. The quantitative estimate of drug-likeness (QED) is 0.632. The molecule has 3 nitrogen and oxygen atoms in total. The van der Waals surface area contributed by atoms with Gasteiger partial charge in [0.15, 0.2) is 0 Å². The predicted molar refractivity (Wildman–Crippen MR) is 91.4 cm³/mol. The van der Waals surface area contributed by atoms with Gasteiger partial charge in [0, 0.05) is 17.7 Å². The van der Waals surface area contributed by atoms with Crippen molar-refractivity contribution >= 4 is 11.6 Å². The molecule has 0 fully saturated rings. The summed E-state index contributed by atoms with van der Waals surface area (Å²) in [5, 5.41) is 2.33. The van der Waals surface area contributed by atoms with E-state index in [1.54, 1.807) is 12.1 Å². The van der Waals surface area contributed by atoms with Crippen molar-refractivity contribution in [3.63, 3.8) is 0 Å². The third-order valence-corrected chi connectivity index (χ3v) is 3.71. The maximum Gasteiger partial charge on any atom is 0.259 e. The van der Waals surface area contributed by atoms with Gasteiger partial charge in [0.2, 0.25) is 0 Å². The number of hydrogen-bond donors (Lipinski definition) is 1. The molecule has 0 aliphatic heterocycles. The summed E-state index contributed by atoms with van der Waals surface area (Å²) in [5.74, 6) is -3.73. The Labute approximate surface area is 152 Å². The number of carbonyl (C=O) groups is 1. The molecular weight excluding hydrogens is 362 g/mol. The van der Waals surface area contributed by atoms with Gasteiger partial charge in [-0.05, 0) is 36.4 Å². The van der Waals surface area contributed by atoms with Crippen LogP contribution in [0.15, 0.2) is 60.7 Å². The fourth-order valence-electron chi connectivity index (χ4n) is 2.35. The summed E-state index contributed by atoms with van der Waals surface area (Å²) in [4.78, 5) is 12.4. The zero-order valence-corrected chi connectivity index (χ0v) is 13.8. The van der Waals surface area contributed by atoms with Gasteiger partial charge in [-0.25, -0.2) is 17.6 Å². The van der Waals surface area contributed by atoms with E-state index in [1.165, 1.54) is 18.2 Å². The summed E-state index contributed by atoms with van der Waals surface area (Å²) in [6.07, 6.45) is 0. The van der Waals surface area contributed by atoms with Crippen LogP contribution in [0.5, 0.6) is 5.75 Å². The SMILES string of the molecule is O=C(Nc1ccc(F)cc1F)c1ccccc1OCc1ccc(F)cc1F. The van der Waals surface area contributed by atoms with Crippen molar-refractivity contribution in [2.24, 2.45) is 0 Å². The Balaban J connectivity index is 1.77. The molecule has 0 aliphatic rings. The molecule has 0 heterocycles. The standard InChI is InChI=1S/C20H13F4NO2/c21-13-6-5-12(16(23)9-13)11-27-19-4-2-1-3-15(19)20(26)25-18-8-7-14(22)10-17(18)24/h1-10H,11H2,(H,25,26). The van der Waals surface area contributed by atoms with E-state index in [-0.39, 0.29) is 29.2 Å². The highest BCUT2D eigenvalue weighted by Gasteiger charge is 2.15. The number of para-hydroxylation sites is 1. The van der Waals surface area contributed by atoms with Crippen molar-refractivity contribution in [1.29, 1.82) is 0 Å². The molecule has 138 valence electrons. The van der Waals surface area contributed by atoms with Crippen LogP contribution in [0.1, 0.15) is 15.9 Å². The Bertz CT molecular complexity index is 991. The largest absolute Gasteiger partial charge is 0.488 e. The van der Waals surface area contributed by atoms with E-state index in [0.717, 1.165) is 24.3 Å². The second-order valence-electron chi connectivity index (χ2n) is 5.60. The molecule has 3 aromatic carbocycles. The maximum absolute atomic E-state index is 13.7. The summed E-state index contributed by atoms with van der Waals surface area (Å²) in [5.41, 5.74) is -0.0132. The van der Waals surface area contributed by atoms with Crippen molar-refractivity contribution < 1.29 is 27.1 Å². The molecule has 0 aliphatic carbocycles. The van der Waals surface area contributed by atoms with Crippen LogP contribution in [0.25, 0.3) is 0 Å². The highest BCUT2D eigenvalue weighted by molar-refractivity contribution is 6.06. The third-order valence-electron chi connectivity index (χ3n) is 3.71. The van der Waals surface area contributed by atoms with E-state index in [2.05, 4.69) is 5.32 Å². The number of rotatable bonds is 5. The lowest BCUT2D eigenvalue weighted by Gasteiger charge is -2.12. The number of hydrogen-bond acceptors (Lipinski definition) is 2. The fourth-order valence-corrected chi connectivity index (χ4v) is 2.35. The third kappa shape index (κ3) is 4.44. The van der Waals surface area contributed by atoms with Gasteiger partial charge in [0.25, 0.3) is 5.91 Å². The minimum Gasteiger partial charge on any atom is -0.488 e. The molecule has 3 aromatic rings. The Hall–Kier alpha value is -3.35. The number of anilines is 1. The molecule has 0 saturated carbocycles. The minimum atomic E-state index is -0.921. The molecule has 0 unspecified atom stereocenters. The van der Waals surface area contributed by atoms with Crippen molar-refractivity contribution in [3.8, 4) is 5.75 Å². The molecule has 0 spiro atoms. The monoisotopic (exact) mass is 375 g/mol. The smallest absolute Gasteiger partial charge is 0.259 e. The van der Waals surface area contributed by atoms with E-state index in [1.807, 2.05) is 0 Å². The predicted octanol–water partition coefficient (Wildman–Crippen LogP) is 5.07. The highest BCUT2D eigenvalue weighted by atomic mass is 19.1. The zero-order chi connectivity index (χ0) is 19.4. The number of ether oxygens (including phenoxy) is 1. The van der Waals surface area contributed by atoms with E-state index < -0.39 is 29.2 Å². The normalized spacial score (nSPS) is 10.5. The zero-order valence-electron chi connectivity index (χ0n) is 13.8. The number of benzene rings is 3. The summed E-state index contributed by atoms with van der Waals surface area (Å²) in [6, 6.07) is 11.9.